The Morgan fingerprint density at radius 1 is 1.03 bits per heavy atom. The van der Waals surface area contributed by atoms with E-state index >= 15 is 0 Å². The molecule has 0 saturated heterocycles. The molecule has 32 heavy (non-hydrogen) atoms. The Kier molecular flexibility index (Phi) is 6.94. The summed E-state index contributed by atoms with van der Waals surface area (Å²) >= 11 is 15.7. The minimum atomic E-state index is 0.00954. The van der Waals surface area contributed by atoms with E-state index in [9.17, 15) is 4.79 Å². The van der Waals surface area contributed by atoms with Crippen LogP contribution in [0.2, 0.25) is 10.0 Å². The molecule has 0 aliphatic carbocycles. The number of hydrogen-bond acceptors (Lipinski definition) is 2. The van der Waals surface area contributed by atoms with Gasteiger partial charge in [-0.15, -0.1) is 0 Å². The van der Waals surface area contributed by atoms with Gasteiger partial charge in [0.1, 0.15) is 12.4 Å². The molecule has 0 N–H and O–H groups in total. The summed E-state index contributed by atoms with van der Waals surface area (Å²) in [6, 6.07) is 19.1. The quantitative estimate of drug-likeness (QED) is 0.303. The van der Waals surface area contributed by atoms with Gasteiger partial charge < -0.3 is 9.64 Å². The van der Waals surface area contributed by atoms with E-state index in [-0.39, 0.29) is 5.91 Å². The number of anilines is 1. The van der Waals surface area contributed by atoms with Crippen LogP contribution in [0.5, 0.6) is 5.75 Å². The van der Waals surface area contributed by atoms with Crippen molar-refractivity contribution < 1.29 is 9.53 Å². The van der Waals surface area contributed by atoms with Crippen LogP contribution in [0.4, 0.5) is 5.69 Å². The molecule has 3 aromatic rings. The highest BCUT2D eigenvalue weighted by atomic mass is 79.9. The summed E-state index contributed by atoms with van der Waals surface area (Å²) in [5.41, 5.74) is 4.29. The molecule has 164 valence electrons. The van der Waals surface area contributed by atoms with Gasteiger partial charge in [-0.1, -0.05) is 77.2 Å². The van der Waals surface area contributed by atoms with Crippen LogP contribution in [0.3, 0.4) is 0 Å². The first-order valence-corrected chi connectivity index (χ1v) is 11.9. The average molecular weight is 531 g/mol. The van der Waals surface area contributed by atoms with Gasteiger partial charge >= 0.3 is 0 Å². The van der Waals surface area contributed by atoms with Gasteiger partial charge in [0.15, 0.2) is 0 Å². The fraction of sp³-hybridized carbons (Fsp3) is 0.192. The van der Waals surface area contributed by atoms with Crippen molar-refractivity contribution in [1.29, 1.82) is 0 Å². The summed E-state index contributed by atoms with van der Waals surface area (Å²) in [6.07, 6.45) is 1.91. The maximum atomic E-state index is 13.3. The van der Waals surface area contributed by atoms with Crippen LogP contribution >= 0.6 is 39.1 Å². The second-order valence-corrected chi connectivity index (χ2v) is 9.83. The second kappa shape index (κ2) is 9.70. The molecule has 4 rings (SSSR count). The second-order valence-electron chi connectivity index (χ2n) is 8.10. The maximum absolute atomic E-state index is 13.3. The molecule has 1 aliphatic rings. The predicted octanol–water partition coefficient (Wildman–Crippen LogP) is 7.88. The van der Waals surface area contributed by atoms with Crippen LogP contribution in [-0.2, 0) is 11.4 Å². The van der Waals surface area contributed by atoms with Crippen LogP contribution in [0.15, 0.2) is 65.1 Å². The molecule has 3 aromatic carbocycles. The number of fused-ring (bicyclic) bond motifs is 1. The van der Waals surface area contributed by atoms with Crippen molar-refractivity contribution in [2.75, 3.05) is 11.4 Å². The number of halogens is 3. The Balaban J connectivity index is 1.68. The SMILES string of the molecule is CC(C)CN1C(=O)/C(=C\c2cc(Br)ccc2OCc2ccc(Cl)c(Cl)c2)c2ccccc21. The van der Waals surface area contributed by atoms with E-state index in [0.717, 1.165) is 26.9 Å². The Morgan fingerprint density at radius 3 is 2.56 bits per heavy atom. The lowest BCUT2D eigenvalue weighted by Gasteiger charge is -2.19. The van der Waals surface area contributed by atoms with Crippen LogP contribution in [0.1, 0.15) is 30.5 Å². The van der Waals surface area contributed by atoms with Gasteiger partial charge in [-0.3, -0.25) is 4.79 Å². The summed E-state index contributed by atoms with van der Waals surface area (Å²) in [6.45, 7) is 5.23. The van der Waals surface area contributed by atoms with Gasteiger partial charge in [0, 0.05) is 27.7 Å². The van der Waals surface area contributed by atoms with E-state index in [4.69, 9.17) is 27.9 Å². The normalized spacial score (nSPS) is 14.4. The fourth-order valence-electron chi connectivity index (χ4n) is 3.70. The molecular formula is C26H22BrCl2NO2. The summed E-state index contributed by atoms with van der Waals surface area (Å²) in [4.78, 5) is 15.2. The number of rotatable bonds is 6. The molecule has 0 bridgehead atoms. The molecular weight excluding hydrogens is 509 g/mol. The average Bonchev–Trinajstić information content (AvgIpc) is 3.01. The molecule has 0 radical (unpaired) electrons. The predicted molar refractivity (Wildman–Crippen MR) is 136 cm³/mol. The highest BCUT2D eigenvalue weighted by molar-refractivity contribution is 9.10. The molecule has 1 aliphatic heterocycles. The molecule has 6 heteroatoms. The molecule has 1 heterocycles. The summed E-state index contributed by atoms with van der Waals surface area (Å²) in [5, 5.41) is 0.998. The first-order valence-electron chi connectivity index (χ1n) is 10.3. The largest absolute Gasteiger partial charge is 0.488 e. The number of nitrogens with zero attached hydrogens (tertiary/aromatic N) is 1. The van der Waals surface area contributed by atoms with E-state index in [1.165, 1.54) is 0 Å². The van der Waals surface area contributed by atoms with E-state index in [2.05, 4.69) is 29.8 Å². The molecule has 3 nitrogen and oxygen atoms in total. The summed E-state index contributed by atoms with van der Waals surface area (Å²) in [5.74, 6) is 1.05. The zero-order valence-electron chi connectivity index (χ0n) is 17.7. The van der Waals surface area contributed by atoms with Crippen LogP contribution in [-0.4, -0.2) is 12.5 Å². The third-order valence-electron chi connectivity index (χ3n) is 5.16. The summed E-state index contributed by atoms with van der Waals surface area (Å²) in [7, 11) is 0. The molecule has 0 fully saturated rings. The standard InChI is InChI=1S/C26H22BrCl2NO2/c1-16(2)14-30-24-6-4-3-5-20(24)21(26(30)31)13-18-12-19(27)8-10-25(18)32-15-17-7-9-22(28)23(29)11-17/h3-13,16H,14-15H2,1-2H3/b21-13-. The van der Waals surface area contributed by atoms with Gasteiger partial charge in [-0.05, 0) is 54.0 Å². The number of amides is 1. The van der Waals surface area contributed by atoms with Crippen molar-refractivity contribution in [3.05, 3.63) is 91.9 Å². The Hall–Kier alpha value is -2.27. The Bertz CT molecular complexity index is 1210. The monoisotopic (exact) mass is 529 g/mol. The lowest BCUT2D eigenvalue weighted by Crippen LogP contribution is -2.30. The smallest absolute Gasteiger partial charge is 0.259 e. The van der Waals surface area contributed by atoms with Gasteiger partial charge in [0.2, 0.25) is 0 Å². The number of carbonyl (C=O) groups is 1. The van der Waals surface area contributed by atoms with Crippen LogP contribution in [0, 0.1) is 5.92 Å². The molecule has 0 atom stereocenters. The minimum absolute atomic E-state index is 0.00954. The van der Waals surface area contributed by atoms with Gasteiger partial charge in [-0.2, -0.15) is 0 Å². The van der Waals surface area contributed by atoms with E-state index < -0.39 is 0 Å². The van der Waals surface area contributed by atoms with Crippen LogP contribution in [0.25, 0.3) is 11.6 Å². The number of benzene rings is 3. The van der Waals surface area contributed by atoms with Crippen molar-refractivity contribution in [2.24, 2.45) is 5.92 Å². The van der Waals surface area contributed by atoms with Crippen molar-refractivity contribution in [3.63, 3.8) is 0 Å². The molecule has 1 amide bonds. The van der Waals surface area contributed by atoms with E-state index in [0.29, 0.717) is 40.4 Å². The lowest BCUT2D eigenvalue weighted by atomic mass is 10.0. The number of carbonyl (C=O) groups excluding carboxylic acids is 1. The lowest BCUT2D eigenvalue weighted by molar-refractivity contribution is -0.113. The maximum Gasteiger partial charge on any atom is 0.259 e. The highest BCUT2D eigenvalue weighted by Gasteiger charge is 2.32. The van der Waals surface area contributed by atoms with Crippen molar-refractivity contribution >= 4 is 62.4 Å². The first kappa shape index (κ1) is 22.9. The van der Waals surface area contributed by atoms with Crippen LogP contribution < -0.4 is 9.64 Å². The number of hydrogen-bond donors (Lipinski definition) is 0. The molecule has 0 saturated carbocycles. The number of ether oxygens (including phenoxy) is 1. The van der Waals surface area contributed by atoms with Crippen molar-refractivity contribution in [3.8, 4) is 5.75 Å². The summed E-state index contributed by atoms with van der Waals surface area (Å²) < 4.78 is 7.01. The Labute approximate surface area is 206 Å². The zero-order chi connectivity index (χ0) is 22.8. The third kappa shape index (κ3) is 4.88. The minimum Gasteiger partial charge on any atom is -0.488 e. The van der Waals surface area contributed by atoms with E-state index in [1.54, 1.807) is 12.1 Å². The van der Waals surface area contributed by atoms with Gasteiger partial charge in [0.05, 0.1) is 15.7 Å². The number of para-hydroxylation sites is 1. The fourth-order valence-corrected chi connectivity index (χ4v) is 4.40. The molecule has 0 unspecified atom stereocenters. The van der Waals surface area contributed by atoms with Crippen molar-refractivity contribution in [2.45, 2.75) is 20.5 Å². The van der Waals surface area contributed by atoms with Gasteiger partial charge in [0.25, 0.3) is 5.91 Å². The topological polar surface area (TPSA) is 29.5 Å². The first-order chi connectivity index (χ1) is 15.3. The highest BCUT2D eigenvalue weighted by Crippen LogP contribution is 2.39. The third-order valence-corrected chi connectivity index (χ3v) is 6.39. The van der Waals surface area contributed by atoms with Crippen molar-refractivity contribution in [1.82, 2.24) is 0 Å². The van der Waals surface area contributed by atoms with Gasteiger partial charge in [-0.25, -0.2) is 0 Å². The van der Waals surface area contributed by atoms with E-state index in [1.807, 2.05) is 59.5 Å². The Morgan fingerprint density at radius 2 is 1.81 bits per heavy atom. The zero-order valence-corrected chi connectivity index (χ0v) is 20.8. The molecule has 0 spiro atoms. The molecule has 0 aromatic heterocycles.